The molecule has 1 amide bonds. The highest BCUT2D eigenvalue weighted by atomic mass is 16.5. The monoisotopic (exact) mass is 230 g/mol. The van der Waals surface area contributed by atoms with E-state index < -0.39 is 6.10 Å². The number of ether oxygens (including phenoxy) is 1. The van der Waals surface area contributed by atoms with E-state index in [1.165, 1.54) is 6.92 Å². The van der Waals surface area contributed by atoms with Crippen molar-refractivity contribution >= 4 is 5.91 Å². The van der Waals surface area contributed by atoms with Crippen LogP contribution in [-0.2, 0) is 9.53 Å². The summed E-state index contributed by atoms with van der Waals surface area (Å²) in [5.74, 6) is -0.138. The molecule has 3 N–H and O–H groups in total. The van der Waals surface area contributed by atoms with Gasteiger partial charge in [0, 0.05) is 12.8 Å². The van der Waals surface area contributed by atoms with E-state index in [1.807, 2.05) is 13.8 Å². The van der Waals surface area contributed by atoms with Crippen LogP contribution in [0.15, 0.2) is 0 Å². The van der Waals surface area contributed by atoms with Crippen molar-refractivity contribution in [1.82, 2.24) is 10.6 Å². The van der Waals surface area contributed by atoms with Crippen molar-refractivity contribution in [2.75, 3.05) is 7.05 Å². The highest BCUT2D eigenvalue weighted by Crippen LogP contribution is 2.26. The number of aliphatic hydroxyl groups excluding tert-OH is 1. The van der Waals surface area contributed by atoms with E-state index in [0.717, 1.165) is 6.42 Å². The molecular formula is C11H22N2O3. The number of likely N-dealkylation sites (N-methyl/N-ethyl adjacent to an activating group) is 1. The third kappa shape index (κ3) is 2.72. The molecule has 4 unspecified atom stereocenters. The Kier molecular flexibility index (Phi) is 4.70. The first-order valence-corrected chi connectivity index (χ1v) is 5.79. The zero-order chi connectivity index (χ0) is 12.3. The van der Waals surface area contributed by atoms with E-state index in [9.17, 15) is 9.90 Å². The first-order valence-electron chi connectivity index (χ1n) is 5.79. The SMILES string of the molecule is CC[C@@H]1OC(NC)C(NC(C)=O)C(O)C1C. The lowest BCUT2D eigenvalue weighted by Crippen LogP contribution is -2.63. The Morgan fingerprint density at radius 3 is 2.56 bits per heavy atom. The van der Waals surface area contributed by atoms with Crippen LogP contribution in [0.5, 0.6) is 0 Å². The number of carbonyl (C=O) groups excluding carboxylic acids is 1. The third-order valence-corrected chi connectivity index (χ3v) is 3.20. The molecule has 0 spiro atoms. The molecule has 0 radical (unpaired) electrons. The highest BCUT2D eigenvalue weighted by Gasteiger charge is 2.41. The molecule has 0 aromatic heterocycles. The summed E-state index contributed by atoms with van der Waals surface area (Å²) in [6, 6.07) is -0.389. The maximum Gasteiger partial charge on any atom is 0.217 e. The molecule has 0 bridgehead atoms. The summed E-state index contributed by atoms with van der Waals surface area (Å²) in [7, 11) is 1.76. The van der Waals surface area contributed by atoms with Crippen molar-refractivity contribution in [2.24, 2.45) is 5.92 Å². The normalized spacial score (nSPS) is 39.4. The van der Waals surface area contributed by atoms with E-state index in [0.29, 0.717) is 0 Å². The molecule has 0 aromatic rings. The van der Waals surface area contributed by atoms with E-state index in [-0.39, 0.29) is 30.2 Å². The van der Waals surface area contributed by atoms with Gasteiger partial charge in [-0.05, 0) is 13.5 Å². The maximum absolute atomic E-state index is 11.1. The number of carbonyl (C=O) groups is 1. The fourth-order valence-corrected chi connectivity index (χ4v) is 2.23. The van der Waals surface area contributed by atoms with Crippen LogP contribution in [0.1, 0.15) is 27.2 Å². The molecule has 0 saturated carbocycles. The van der Waals surface area contributed by atoms with Crippen molar-refractivity contribution in [2.45, 2.75) is 51.7 Å². The van der Waals surface area contributed by atoms with Gasteiger partial charge in [-0.1, -0.05) is 13.8 Å². The van der Waals surface area contributed by atoms with Crippen molar-refractivity contribution in [3.8, 4) is 0 Å². The second-order valence-electron chi connectivity index (χ2n) is 4.37. The van der Waals surface area contributed by atoms with Gasteiger partial charge in [0.05, 0.1) is 18.2 Å². The number of rotatable bonds is 3. The lowest BCUT2D eigenvalue weighted by molar-refractivity contribution is -0.163. The third-order valence-electron chi connectivity index (χ3n) is 3.20. The van der Waals surface area contributed by atoms with Crippen LogP contribution in [0.4, 0.5) is 0 Å². The molecule has 0 aliphatic carbocycles. The van der Waals surface area contributed by atoms with E-state index in [2.05, 4.69) is 10.6 Å². The molecule has 16 heavy (non-hydrogen) atoms. The molecule has 0 aromatic carbocycles. The van der Waals surface area contributed by atoms with Crippen molar-refractivity contribution in [3.05, 3.63) is 0 Å². The van der Waals surface area contributed by atoms with Gasteiger partial charge in [0.1, 0.15) is 6.23 Å². The summed E-state index contributed by atoms with van der Waals surface area (Å²) in [5, 5.41) is 15.9. The fourth-order valence-electron chi connectivity index (χ4n) is 2.23. The molecule has 1 fully saturated rings. The average Bonchev–Trinajstić information content (AvgIpc) is 2.25. The van der Waals surface area contributed by atoms with Crippen LogP contribution >= 0.6 is 0 Å². The van der Waals surface area contributed by atoms with Crippen molar-refractivity contribution in [1.29, 1.82) is 0 Å². The lowest BCUT2D eigenvalue weighted by Gasteiger charge is -2.43. The van der Waals surface area contributed by atoms with Gasteiger partial charge in [-0.15, -0.1) is 0 Å². The molecule has 1 aliphatic heterocycles. The van der Waals surface area contributed by atoms with Crippen molar-refractivity contribution < 1.29 is 14.6 Å². The zero-order valence-corrected chi connectivity index (χ0v) is 10.4. The minimum Gasteiger partial charge on any atom is -0.390 e. The largest absolute Gasteiger partial charge is 0.390 e. The van der Waals surface area contributed by atoms with Crippen LogP contribution in [0, 0.1) is 5.92 Å². The van der Waals surface area contributed by atoms with Gasteiger partial charge >= 0.3 is 0 Å². The Morgan fingerprint density at radius 2 is 2.12 bits per heavy atom. The summed E-state index contributed by atoms with van der Waals surface area (Å²) < 4.78 is 5.80. The predicted molar refractivity (Wildman–Crippen MR) is 60.8 cm³/mol. The van der Waals surface area contributed by atoms with Crippen molar-refractivity contribution in [3.63, 3.8) is 0 Å². The van der Waals surface area contributed by atoms with E-state index >= 15 is 0 Å². The fraction of sp³-hybridized carbons (Fsp3) is 0.909. The lowest BCUT2D eigenvalue weighted by atomic mass is 9.87. The molecule has 5 nitrogen and oxygen atoms in total. The van der Waals surface area contributed by atoms with Gasteiger partial charge in [0.25, 0.3) is 0 Å². The second-order valence-corrected chi connectivity index (χ2v) is 4.37. The molecule has 5 heteroatoms. The molecular weight excluding hydrogens is 208 g/mol. The minimum atomic E-state index is -0.583. The Labute approximate surface area is 96.6 Å². The molecule has 1 saturated heterocycles. The average molecular weight is 230 g/mol. The first-order chi connectivity index (χ1) is 7.51. The predicted octanol–water partition coefficient (Wildman–Crippen LogP) is -0.158. The molecule has 1 aliphatic rings. The molecule has 94 valence electrons. The number of hydrogen-bond donors (Lipinski definition) is 3. The maximum atomic E-state index is 11.1. The quantitative estimate of drug-likeness (QED) is 0.630. The topological polar surface area (TPSA) is 70.6 Å². The summed E-state index contributed by atoms with van der Waals surface area (Å²) >= 11 is 0. The van der Waals surface area contributed by atoms with E-state index in [4.69, 9.17) is 4.74 Å². The van der Waals surface area contributed by atoms with Gasteiger partial charge in [-0.25, -0.2) is 0 Å². The van der Waals surface area contributed by atoms with E-state index in [1.54, 1.807) is 7.05 Å². The van der Waals surface area contributed by atoms with Crippen LogP contribution in [0.2, 0.25) is 0 Å². The zero-order valence-electron chi connectivity index (χ0n) is 10.4. The number of nitrogens with one attached hydrogen (secondary N) is 2. The smallest absolute Gasteiger partial charge is 0.217 e. The molecule has 1 heterocycles. The van der Waals surface area contributed by atoms with Gasteiger partial charge in [-0.3, -0.25) is 10.1 Å². The van der Waals surface area contributed by atoms with Gasteiger partial charge in [0.2, 0.25) is 5.91 Å². The summed E-state index contributed by atoms with van der Waals surface area (Å²) in [5.41, 5.74) is 0. The van der Waals surface area contributed by atoms with Gasteiger partial charge in [-0.2, -0.15) is 0 Å². The summed E-state index contributed by atoms with van der Waals surface area (Å²) in [6.45, 7) is 5.41. The first kappa shape index (κ1) is 13.4. The number of hydrogen-bond acceptors (Lipinski definition) is 4. The van der Waals surface area contributed by atoms with Crippen LogP contribution in [-0.4, -0.2) is 42.5 Å². The standard InChI is InChI=1S/C11H22N2O3/c1-5-8-6(2)10(15)9(13-7(3)14)11(12-4)16-8/h6,8-12,15H,5H2,1-4H3,(H,13,14)/t6?,8-,9?,10?,11?/m0/s1. The minimum absolute atomic E-state index is 0.0199. The Morgan fingerprint density at radius 1 is 1.50 bits per heavy atom. The highest BCUT2D eigenvalue weighted by molar-refractivity contribution is 5.73. The molecule has 5 atom stereocenters. The van der Waals surface area contributed by atoms with Gasteiger partial charge in [0.15, 0.2) is 0 Å². The van der Waals surface area contributed by atoms with Crippen LogP contribution in [0.3, 0.4) is 0 Å². The number of aliphatic hydroxyl groups is 1. The van der Waals surface area contributed by atoms with Crippen LogP contribution in [0.25, 0.3) is 0 Å². The van der Waals surface area contributed by atoms with Crippen LogP contribution < -0.4 is 10.6 Å². The Bertz CT molecular complexity index is 245. The summed E-state index contributed by atoms with van der Waals surface area (Å²) in [6.07, 6.45) is -0.0408. The Hall–Kier alpha value is -0.650. The summed E-state index contributed by atoms with van der Waals surface area (Å²) in [4.78, 5) is 11.1. The second kappa shape index (κ2) is 5.61. The molecule has 1 rings (SSSR count). The number of amides is 1. The Balaban J connectivity index is 2.77. The van der Waals surface area contributed by atoms with Gasteiger partial charge < -0.3 is 15.2 Å².